The van der Waals surface area contributed by atoms with Crippen LogP contribution in [0, 0.1) is 5.82 Å². The van der Waals surface area contributed by atoms with Crippen LogP contribution in [0.5, 0.6) is 0 Å². The van der Waals surface area contributed by atoms with Crippen molar-refractivity contribution >= 4 is 11.7 Å². The normalized spacial score (nSPS) is 14.7. The second-order valence-corrected chi connectivity index (χ2v) is 4.75. The molecule has 0 aliphatic heterocycles. The zero-order valence-corrected chi connectivity index (χ0v) is 11.0. The van der Waals surface area contributed by atoms with Crippen LogP contribution in [0.4, 0.5) is 10.1 Å². The van der Waals surface area contributed by atoms with Crippen molar-refractivity contribution in [2.45, 2.75) is 25.8 Å². The van der Waals surface area contributed by atoms with Gasteiger partial charge in [-0.2, -0.15) is 0 Å². The van der Waals surface area contributed by atoms with Crippen molar-refractivity contribution in [1.29, 1.82) is 0 Å². The largest absolute Gasteiger partial charge is 0.478 e. The molecule has 1 aliphatic rings. The van der Waals surface area contributed by atoms with Crippen molar-refractivity contribution in [2.75, 3.05) is 25.0 Å². The fourth-order valence-electron chi connectivity index (χ4n) is 2.25. The van der Waals surface area contributed by atoms with Crippen LogP contribution in [-0.4, -0.2) is 41.7 Å². The number of nitrogens with zero attached hydrogens (tertiary/aromatic N) is 1. The van der Waals surface area contributed by atoms with Crippen molar-refractivity contribution in [1.82, 2.24) is 4.90 Å². The van der Waals surface area contributed by atoms with E-state index in [1.54, 1.807) is 0 Å². The third kappa shape index (κ3) is 3.44. The molecule has 0 saturated heterocycles. The number of aromatic carboxylic acids is 1. The van der Waals surface area contributed by atoms with Gasteiger partial charge in [-0.05, 0) is 31.5 Å². The average molecular weight is 266 g/mol. The topological polar surface area (TPSA) is 52.6 Å². The summed E-state index contributed by atoms with van der Waals surface area (Å²) < 4.78 is 13.6. The van der Waals surface area contributed by atoms with Crippen LogP contribution in [0.2, 0.25) is 0 Å². The molecule has 1 aromatic rings. The Morgan fingerprint density at radius 1 is 1.53 bits per heavy atom. The van der Waals surface area contributed by atoms with E-state index >= 15 is 0 Å². The van der Waals surface area contributed by atoms with E-state index in [0.717, 1.165) is 13.1 Å². The van der Waals surface area contributed by atoms with Crippen molar-refractivity contribution in [3.63, 3.8) is 0 Å². The summed E-state index contributed by atoms with van der Waals surface area (Å²) in [7, 11) is 0. The van der Waals surface area contributed by atoms with Gasteiger partial charge in [0.05, 0.1) is 11.3 Å². The number of hydrogen-bond donors (Lipinski definition) is 2. The van der Waals surface area contributed by atoms with Gasteiger partial charge in [-0.3, -0.25) is 4.90 Å². The van der Waals surface area contributed by atoms with E-state index in [1.807, 2.05) is 0 Å². The number of anilines is 1. The molecule has 2 N–H and O–H groups in total. The highest BCUT2D eigenvalue weighted by Crippen LogP contribution is 2.26. The first-order valence-corrected chi connectivity index (χ1v) is 6.63. The minimum Gasteiger partial charge on any atom is -0.478 e. The summed E-state index contributed by atoms with van der Waals surface area (Å²) in [6.07, 6.45) is 2.46. The summed E-state index contributed by atoms with van der Waals surface area (Å²) in [5.74, 6) is -1.63. The first-order valence-electron chi connectivity index (χ1n) is 6.63. The number of halogens is 1. The van der Waals surface area contributed by atoms with Crippen LogP contribution in [0.25, 0.3) is 0 Å². The molecule has 5 heteroatoms. The third-order valence-corrected chi connectivity index (χ3v) is 3.41. The summed E-state index contributed by atoms with van der Waals surface area (Å²) >= 11 is 0. The third-order valence-electron chi connectivity index (χ3n) is 3.41. The number of likely N-dealkylation sites (N-methyl/N-ethyl adjacent to an activating group) is 1. The SMILES string of the molecule is CCN(CCNc1c(F)cccc1C(=O)O)C1CC1. The molecule has 2 rings (SSSR count). The number of rotatable bonds is 7. The minimum atomic E-state index is -1.11. The highest BCUT2D eigenvalue weighted by molar-refractivity contribution is 5.94. The van der Waals surface area contributed by atoms with Crippen LogP contribution < -0.4 is 5.32 Å². The standard InChI is InChI=1S/C14H19FN2O2/c1-2-17(10-6-7-10)9-8-16-13-11(14(18)19)4-3-5-12(13)15/h3-5,10,16H,2,6-9H2,1H3,(H,18,19). The fraction of sp³-hybridized carbons (Fsp3) is 0.500. The molecule has 0 heterocycles. The maximum atomic E-state index is 13.6. The maximum absolute atomic E-state index is 13.6. The summed E-state index contributed by atoms with van der Waals surface area (Å²) in [5, 5.41) is 11.9. The average Bonchev–Trinajstić information content (AvgIpc) is 3.20. The molecule has 0 radical (unpaired) electrons. The van der Waals surface area contributed by atoms with Gasteiger partial charge in [-0.25, -0.2) is 9.18 Å². The first kappa shape index (κ1) is 13.8. The Morgan fingerprint density at radius 3 is 2.84 bits per heavy atom. The van der Waals surface area contributed by atoms with E-state index in [-0.39, 0.29) is 11.3 Å². The van der Waals surface area contributed by atoms with Crippen molar-refractivity contribution in [3.8, 4) is 0 Å². The molecular weight excluding hydrogens is 247 g/mol. The molecule has 0 bridgehead atoms. The van der Waals surface area contributed by atoms with Crippen LogP contribution >= 0.6 is 0 Å². The lowest BCUT2D eigenvalue weighted by Crippen LogP contribution is -2.31. The van der Waals surface area contributed by atoms with Crippen LogP contribution in [-0.2, 0) is 0 Å². The maximum Gasteiger partial charge on any atom is 0.337 e. The minimum absolute atomic E-state index is 0.0190. The van der Waals surface area contributed by atoms with Gasteiger partial charge in [0.25, 0.3) is 0 Å². The number of nitrogens with one attached hydrogen (secondary N) is 1. The number of carbonyl (C=O) groups is 1. The van der Waals surface area contributed by atoms with E-state index in [4.69, 9.17) is 5.11 Å². The van der Waals surface area contributed by atoms with Gasteiger partial charge >= 0.3 is 5.97 Å². The number of carboxylic acids is 1. The lowest BCUT2D eigenvalue weighted by atomic mass is 10.1. The van der Waals surface area contributed by atoms with Gasteiger partial charge in [0.15, 0.2) is 0 Å². The monoisotopic (exact) mass is 266 g/mol. The van der Waals surface area contributed by atoms with Crippen molar-refractivity contribution in [3.05, 3.63) is 29.6 Å². The smallest absolute Gasteiger partial charge is 0.337 e. The molecule has 0 spiro atoms. The highest BCUT2D eigenvalue weighted by Gasteiger charge is 2.27. The molecule has 0 unspecified atom stereocenters. The van der Waals surface area contributed by atoms with Crippen LogP contribution in [0.1, 0.15) is 30.1 Å². The molecule has 0 aromatic heterocycles. The number of carboxylic acid groups (broad SMARTS) is 1. The molecule has 104 valence electrons. The van der Waals surface area contributed by atoms with Crippen LogP contribution in [0.15, 0.2) is 18.2 Å². The van der Waals surface area contributed by atoms with Gasteiger partial charge in [0.1, 0.15) is 5.82 Å². The lowest BCUT2D eigenvalue weighted by molar-refractivity contribution is 0.0697. The van der Waals surface area contributed by atoms with E-state index in [1.165, 1.54) is 31.0 Å². The second kappa shape index (κ2) is 6.02. The Bertz CT molecular complexity index is 461. The molecule has 1 aromatic carbocycles. The van der Waals surface area contributed by atoms with Crippen molar-refractivity contribution in [2.24, 2.45) is 0 Å². The molecular formula is C14H19FN2O2. The number of hydrogen-bond acceptors (Lipinski definition) is 3. The Morgan fingerprint density at radius 2 is 2.26 bits per heavy atom. The number of para-hydroxylation sites is 1. The van der Waals surface area contributed by atoms with E-state index in [2.05, 4.69) is 17.1 Å². The Labute approximate surface area is 112 Å². The quantitative estimate of drug-likeness (QED) is 0.796. The predicted molar refractivity (Wildman–Crippen MR) is 72.1 cm³/mol. The first-order chi connectivity index (χ1) is 9.13. The van der Waals surface area contributed by atoms with Gasteiger partial charge < -0.3 is 10.4 Å². The van der Waals surface area contributed by atoms with E-state index in [9.17, 15) is 9.18 Å². The highest BCUT2D eigenvalue weighted by atomic mass is 19.1. The second-order valence-electron chi connectivity index (χ2n) is 4.75. The van der Waals surface area contributed by atoms with Gasteiger partial charge in [-0.1, -0.05) is 13.0 Å². The van der Waals surface area contributed by atoms with Crippen LogP contribution in [0.3, 0.4) is 0 Å². The summed E-state index contributed by atoms with van der Waals surface area (Å²) in [5.41, 5.74) is 0.0660. The molecule has 1 fully saturated rings. The van der Waals surface area contributed by atoms with Gasteiger partial charge in [-0.15, -0.1) is 0 Å². The molecule has 0 atom stereocenters. The zero-order valence-electron chi connectivity index (χ0n) is 11.0. The predicted octanol–water partition coefficient (Wildman–Crippen LogP) is 2.42. The molecule has 1 saturated carbocycles. The van der Waals surface area contributed by atoms with Gasteiger partial charge in [0, 0.05) is 19.1 Å². The Hall–Kier alpha value is -1.62. The lowest BCUT2D eigenvalue weighted by Gasteiger charge is -2.20. The fourth-order valence-corrected chi connectivity index (χ4v) is 2.25. The van der Waals surface area contributed by atoms with E-state index in [0.29, 0.717) is 12.6 Å². The summed E-state index contributed by atoms with van der Waals surface area (Å²) in [6.45, 7) is 4.42. The molecule has 0 amide bonds. The Balaban J connectivity index is 1.96. The molecule has 4 nitrogen and oxygen atoms in total. The zero-order chi connectivity index (χ0) is 13.8. The Kier molecular flexibility index (Phi) is 4.37. The molecule has 19 heavy (non-hydrogen) atoms. The van der Waals surface area contributed by atoms with Gasteiger partial charge in [0.2, 0.25) is 0 Å². The molecule has 1 aliphatic carbocycles. The summed E-state index contributed by atoms with van der Waals surface area (Å²) in [6, 6.07) is 4.75. The van der Waals surface area contributed by atoms with Crippen molar-refractivity contribution < 1.29 is 14.3 Å². The summed E-state index contributed by atoms with van der Waals surface area (Å²) in [4.78, 5) is 13.4. The number of benzene rings is 1. The van der Waals surface area contributed by atoms with E-state index < -0.39 is 11.8 Å².